The standard InChI is InChI=1S/C15H8Cl2F2N2/c16-10-5-9(6-11(18)7-10)15-3-4-20-21(15)12-1-2-14(19)13(17)8-12/h1-8H. The second kappa shape index (κ2) is 5.47. The van der Waals surface area contributed by atoms with Crippen molar-refractivity contribution in [2.24, 2.45) is 0 Å². The zero-order valence-corrected chi connectivity index (χ0v) is 12.0. The summed E-state index contributed by atoms with van der Waals surface area (Å²) in [6.45, 7) is 0. The number of rotatable bonds is 2. The van der Waals surface area contributed by atoms with Gasteiger partial charge in [-0.15, -0.1) is 0 Å². The Morgan fingerprint density at radius 1 is 0.952 bits per heavy atom. The van der Waals surface area contributed by atoms with Crippen molar-refractivity contribution in [1.82, 2.24) is 9.78 Å². The van der Waals surface area contributed by atoms with Crippen LogP contribution in [0.5, 0.6) is 0 Å². The molecule has 0 fully saturated rings. The summed E-state index contributed by atoms with van der Waals surface area (Å²) in [5, 5.41) is 4.44. The fraction of sp³-hybridized carbons (Fsp3) is 0. The first-order valence-corrected chi connectivity index (χ1v) is 6.76. The molecule has 0 saturated heterocycles. The van der Waals surface area contributed by atoms with Crippen LogP contribution in [0, 0.1) is 11.6 Å². The Kier molecular flexibility index (Phi) is 3.66. The van der Waals surface area contributed by atoms with Gasteiger partial charge in [-0.05, 0) is 42.5 Å². The molecule has 21 heavy (non-hydrogen) atoms. The Morgan fingerprint density at radius 3 is 2.48 bits per heavy atom. The monoisotopic (exact) mass is 324 g/mol. The van der Waals surface area contributed by atoms with Gasteiger partial charge in [0.25, 0.3) is 0 Å². The van der Waals surface area contributed by atoms with Crippen LogP contribution in [0.1, 0.15) is 0 Å². The first-order chi connectivity index (χ1) is 10.0. The van der Waals surface area contributed by atoms with Gasteiger partial charge in [-0.1, -0.05) is 23.2 Å². The van der Waals surface area contributed by atoms with Crippen LogP contribution in [0.3, 0.4) is 0 Å². The molecule has 0 atom stereocenters. The summed E-state index contributed by atoms with van der Waals surface area (Å²) < 4.78 is 28.3. The van der Waals surface area contributed by atoms with E-state index < -0.39 is 11.6 Å². The second-order valence-electron chi connectivity index (χ2n) is 4.38. The van der Waals surface area contributed by atoms with Crippen molar-refractivity contribution >= 4 is 23.2 Å². The molecule has 0 N–H and O–H groups in total. The summed E-state index contributed by atoms with van der Waals surface area (Å²) in [5.74, 6) is -0.953. The van der Waals surface area contributed by atoms with E-state index in [0.717, 1.165) is 0 Å². The summed E-state index contributed by atoms with van der Waals surface area (Å²) >= 11 is 11.7. The maximum Gasteiger partial charge on any atom is 0.141 e. The number of aromatic nitrogens is 2. The molecule has 2 aromatic carbocycles. The molecule has 0 amide bonds. The molecule has 0 aliphatic heterocycles. The number of hydrogen-bond acceptors (Lipinski definition) is 1. The predicted octanol–water partition coefficient (Wildman–Crippen LogP) is 5.12. The van der Waals surface area contributed by atoms with E-state index in [1.54, 1.807) is 24.4 Å². The summed E-state index contributed by atoms with van der Waals surface area (Å²) in [6.07, 6.45) is 1.56. The van der Waals surface area contributed by atoms with Gasteiger partial charge >= 0.3 is 0 Å². The Labute approximate surface area is 129 Å². The van der Waals surface area contributed by atoms with E-state index >= 15 is 0 Å². The molecule has 3 aromatic rings. The van der Waals surface area contributed by atoms with Crippen molar-refractivity contribution in [3.05, 3.63) is 70.3 Å². The van der Waals surface area contributed by atoms with Crippen LogP contribution in [0.15, 0.2) is 48.7 Å². The zero-order chi connectivity index (χ0) is 15.0. The molecular weight excluding hydrogens is 317 g/mol. The summed E-state index contributed by atoms with van der Waals surface area (Å²) in [7, 11) is 0. The molecule has 0 aliphatic rings. The van der Waals surface area contributed by atoms with E-state index in [1.807, 2.05) is 0 Å². The lowest BCUT2D eigenvalue weighted by Crippen LogP contribution is -1.99. The molecule has 0 saturated carbocycles. The minimum absolute atomic E-state index is 0.00813. The van der Waals surface area contributed by atoms with Crippen molar-refractivity contribution in [2.75, 3.05) is 0 Å². The van der Waals surface area contributed by atoms with Gasteiger partial charge in [0.1, 0.15) is 11.6 Å². The number of benzene rings is 2. The Balaban J connectivity index is 2.14. The quantitative estimate of drug-likeness (QED) is 0.639. The fourth-order valence-corrected chi connectivity index (χ4v) is 2.44. The maximum atomic E-state index is 13.5. The SMILES string of the molecule is Fc1cc(Cl)cc(-c2ccnn2-c2ccc(F)c(Cl)c2)c1. The maximum absolute atomic E-state index is 13.5. The van der Waals surface area contributed by atoms with Crippen LogP contribution in [-0.4, -0.2) is 9.78 Å². The van der Waals surface area contributed by atoms with Crippen LogP contribution in [0.2, 0.25) is 10.0 Å². The van der Waals surface area contributed by atoms with Crippen molar-refractivity contribution in [3.63, 3.8) is 0 Å². The molecule has 1 aromatic heterocycles. The Hall–Kier alpha value is -1.91. The van der Waals surface area contributed by atoms with Crippen LogP contribution < -0.4 is 0 Å². The van der Waals surface area contributed by atoms with Gasteiger partial charge < -0.3 is 0 Å². The van der Waals surface area contributed by atoms with Gasteiger partial charge in [0.15, 0.2) is 0 Å². The van der Waals surface area contributed by atoms with Crippen molar-refractivity contribution < 1.29 is 8.78 Å². The highest BCUT2D eigenvalue weighted by Gasteiger charge is 2.11. The lowest BCUT2D eigenvalue weighted by Gasteiger charge is -2.09. The first-order valence-electron chi connectivity index (χ1n) is 6.00. The molecule has 3 rings (SSSR count). The topological polar surface area (TPSA) is 17.8 Å². The fourth-order valence-electron chi connectivity index (χ4n) is 2.05. The van der Waals surface area contributed by atoms with E-state index in [4.69, 9.17) is 23.2 Å². The van der Waals surface area contributed by atoms with Gasteiger partial charge in [-0.2, -0.15) is 5.10 Å². The lowest BCUT2D eigenvalue weighted by atomic mass is 10.1. The molecule has 0 radical (unpaired) electrons. The molecule has 0 unspecified atom stereocenters. The van der Waals surface area contributed by atoms with Crippen molar-refractivity contribution in [3.8, 4) is 16.9 Å². The number of hydrogen-bond donors (Lipinski definition) is 0. The number of nitrogens with zero attached hydrogens (tertiary/aromatic N) is 2. The van der Waals surface area contributed by atoms with Crippen LogP contribution in [0.4, 0.5) is 8.78 Å². The van der Waals surface area contributed by atoms with Gasteiger partial charge in [0, 0.05) is 10.6 Å². The molecule has 6 heteroatoms. The highest BCUT2D eigenvalue weighted by molar-refractivity contribution is 6.31. The molecule has 0 spiro atoms. The average molecular weight is 325 g/mol. The Bertz CT molecular complexity index is 795. The largest absolute Gasteiger partial charge is 0.233 e. The molecule has 0 bridgehead atoms. The summed E-state index contributed by atoms with van der Waals surface area (Å²) in [5.41, 5.74) is 1.76. The van der Waals surface area contributed by atoms with Crippen LogP contribution in [-0.2, 0) is 0 Å². The second-order valence-corrected chi connectivity index (χ2v) is 5.23. The van der Waals surface area contributed by atoms with E-state index in [-0.39, 0.29) is 10.0 Å². The molecule has 2 nitrogen and oxygen atoms in total. The minimum atomic E-state index is -0.511. The third-order valence-electron chi connectivity index (χ3n) is 2.95. The third-order valence-corrected chi connectivity index (χ3v) is 3.46. The third kappa shape index (κ3) is 2.77. The van der Waals surface area contributed by atoms with Gasteiger partial charge in [-0.25, -0.2) is 13.5 Å². The van der Waals surface area contributed by atoms with E-state index in [0.29, 0.717) is 16.9 Å². The zero-order valence-electron chi connectivity index (χ0n) is 10.5. The highest BCUT2D eigenvalue weighted by Crippen LogP contribution is 2.27. The van der Waals surface area contributed by atoms with E-state index in [2.05, 4.69) is 5.10 Å². The van der Waals surface area contributed by atoms with E-state index in [9.17, 15) is 8.78 Å². The van der Waals surface area contributed by atoms with Crippen LogP contribution in [0.25, 0.3) is 16.9 Å². The first kappa shape index (κ1) is 14.0. The van der Waals surface area contributed by atoms with Gasteiger partial charge in [0.05, 0.1) is 22.6 Å². The summed E-state index contributed by atoms with van der Waals surface area (Å²) in [4.78, 5) is 0. The molecule has 0 aliphatic carbocycles. The lowest BCUT2D eigenvalue weighted by molar-refractivity contribution is 0.627. The smallest absolute Gasteiger partial charge is 0.141 e. The Morgan fingerprint density at radius 2 is 1.76 bits per heavy atom. The predicted molar refractivity (Wildman–Crippen MR) is 78.9 cm³/mol. The normalized spacial score (nSPS) is 10.9. The highest BCUT2D eigenvalue weighted by atomic mass is 35.5. The van der Waals surface area contributed by atoms with Crippen LogP contribution >= 0.6 is 23.2 Å². The summed E-state index contributed by atoms with van der Waals surface area (Å²) in [6, 6.07) is 10.2. The number of halogens is 4. The van der Waals surface area contributed by atoms with Crippen molar-refractivity contribution in [1.29, 1.82) is 0 Å². The molecule has 106 valence electrons. The average Bonchev–Trinajstić information content (AvgIpc) is 2.90. The van der Waals surface area contributed by atoms with Gasteiger partial charge in [0.2, 0.25) is 0 Å². The van der Waals surface area contributed by atoms with Gasteiger partial charge in [-0.3, -0.25) is 0 Å². The molecular formula is C15H8Cl2F2N2. The molecule has 1 heterocycles. The van der Waals surface area contributed by atoms with Crippen molar-refractivity contribution in [2.45, 2.75) is 0 Å². The van der Waals surface area contributed by atoms with E-state index in [1.165, 1.54) is 28.9 Å². The minimum Gasteiger partial charge on any atom is -0.233 e.